The fourth-order valence-corrected chi connectivity index (χ4v) is 1.64. The number of halogens is 2. The lowest BCUT2D eigenvalue weighted by atomic mass is 10.0. The van der Waals surface area contributed by atoms with Crippen LogP contribution >= 0.6 is 0 Å². The minimum atomic E-state index is -0.669. The van der Waals surface area contributed by atoms with E-state index < -0.39 is 11.6 Å². The lowest BCUT2D eigenvalue weighted by Gasteiger charge is -2.12. The van der Waals surface area contributed by atoms with E-state index in [-0.39, 0.29) is 11.8 Å². The van der Waals surface area contributed by atoms with Crippen LogP contribution in [0.15, 0.2) is 12.1 Å². The predicted molar refractivity (Wildman–Crippen MR) is 48.0 cm³/mol. The third kappa shape index (κ3) is 1.57. The van der Waals surface area contributed by atoms with Crippen molar-refractivity contribution >= 4 is 0 Å². The summed E-state index contributed by atoms with van der Waals surface area (Å²) in [5.41, 5.74) is 6.20. The van der Waals surface area contributed by atoms with E-state index in [1.165, 1.54) is 6.07 Å². The highest BCUT2D eigenvalue weighted by atomic mass is 19.1. The molecule has 0 aliphatic carbocycles. The summed E-state index contributed by atoms with van der Waals surface area (Å²) < 4.78 is 31.4. The monoisotopic (exact) mass is 199 g/mol. The Morgan fingerprint density at radius 3 is 2.93 bits per heavy atom. The minimum Gasteiger partial charge on any atom is -0.490 e. The van der Waals surface area contributed by atoms with Gasteiger partial charge in [0.2, 0.25) is 0 Å². The minimum absolute atomic E-state index is 0.108. The van der Waals surface area contributed by atoms with Gasteiger partial charge in [-0.25, -0.2) is 8.78 Å². The molecule has 1 atom stereocenters. The summed E-state index contributed by atoms with van der Waals surface area (Å²) in [6.45, 7) is 0.434. The fraction of sp³-hybridized carbons (Fsp3) is 0.400. The Balaban J connectivity index is 2.53. The average Bonchev–Trinajstić information content (AvgIpc) is 2.29. The van der Waals surface area contributed by atoms with E-state index in [0.29, 0.717) is 18.6 Å². The molecule has 0 bridgehead atoms. The van der Waals surface area contributed by atoms with Crippen molar-refractivity contribution in [1.29, 1.82) is 0 Å². The Morgan fingerprint density at radius 2 is 2.14 bits per heavy atom. The van der Waals surface area contributed by atoms with Crippen LogP contribution in [0.4, 0.5) is 8.78 Å². The first-order valence-corrected chi connectivity index (χ1v) is 4.56. The van der Waals surface area contributed by atoms with Crippen LogP contribution in [0.5, 0.6) is 5.75 Å². The summed E-state index contributed by atoms with van der Waals surface area (Å²) in [4.78, 5) is 0. The molecular formula is C10H11F2NO. The van der Waals surface area contributed by atoms with E-state index in [4.69, 9.17) is 10.5 Å². The van der Waals surface area contributed by atoms with Crippen LogP contribution in [0, 0.1) is 11.6 Å². The van der Waals surface area contributed by atoms with Gasteiger partial charge < -0.3 is 10.5 Å². The van der Waals surface area contributed by atoms with Gasteiger partial charge in [-0.2, -0.15) is 0 Å². The van der Waals surface area contributed by atoms with Crippen LogP contribution in [0.1, 0.15) is 24.4 Å². The van der Waals surface area contributed by atoms with Crippen molar-refractivity contribution in [2.75, 3.05) is 6.61 Å². The first-order chi connectivity index (χ1) is 6.68. The smallest absolute Gasteiger partial charge is 0.168 e. The lowest BCUT2D eigenvalue weighted by Crippen LogP contribution is -2.10. The van der Waals surface area contributed by atoms with Gasteiger partial charge in [-0.15, -0.1) is 0 Å². The zero-order valence-corrected chi connectivity index (χ0v) is 7.59. The number of benzene rings is 1. The Morgan fingerprint density at radius 1 is 1.36 bits per heavy atom. The summed E-state index contributed by atoms with van der Waals surface area (Å²) in [7, 11) is 0. The third-order valence-corrected chi connectivity index (χ3v) is 2.34. The second-order valence-electron chi connectivity index (χ2n) is 3.40. The van der Waals surface area contributed by atoms with Gasteiger partial charge in [0.05, 0.1) is 6.61 Å². The van der Waals surface area contributed by atoms with E-state index >= 15 is 0 Å². The quantitative estimate of drug-likeness (QED) is 0.694. The summed E-state index contributed by atoms with van der Waals surface area (Å²) in [6, 6.07) is 1.73. The zero-order valence-electron chi connectivity index (χ0n) is 7.59. The average molecular weight is 199 g/mol. The number of hydrogen-bond donors (Lipinski definition) is 1. The molecule has 1 aliphatic rings. The number of rotatable bonds is 0. The van der Waals surface area contributed by atoms with Gasteiger partial charge in [-0.05, 0) is 18.9 Å². The number of fused-ring (bicyclic) bond motifs is 1. The standard InChI is InChI=1S/C10H11F2NO/c11-6-4-7-9(13)2-1-3-14-10(7)8(12)5-6/h4-5,9H,1-3,13H2. The van der Waals surface area contributed by atoms with Crippen LogP contribution in [0.2, 0.25) is 0 Å². The molecule has 1 aromatic carbocycles. The molecule has 0 amide bonds. The molecule has 2 nitrogen and oxygen atoms in total. The number of hydrogen-bond acceptors (Lipinski definition) is 2. The maximum atomic E-state index is 13.3. The van der Waals surface area contributed by atoms with Crippen LogP contribution in [-0.4, -0.2) is 6.61 Å². The first kappa shape index (κ1) is 9.40. The molecule has 0 saturated carbocycles. The molecule has 1 unspecified atom stereocenters. The summed E-state index contributed by atoms with van der Waals surface area (Å²) in [6.07, 6.45) is 1.45. The van der Waals surface area contributed by atoms with Gasteiger partial charge in [-0.3, -0.25) is 0 Å². The Labute approximate surface area is 80.7 Å². The van der Waals surface area contributed by atoms with Gasteiger partial charge in [0.15, 0.2) is 11.6 Å². The largest absolute Gasteiger partial charge is 0.490 e. The van der Waals surface area contributed by atoms with Gasteiger partial charge in [-0.1, -0.05) is 0 Å². The van der Waals surface area contributed by atoms with Crippen LogP contribution in [0.25, 0.3) is 0 Å². The zero-order chi connectivity index (χ0) is 10.1. The molecule has 14 heavy (non-hydrogen) atoms. The molecule has 0 saturated heterocycles. The van der Waals surface area contributed by atoms with E-state index in [2.05, 4.69) is 0 Å². The van der Waals surface area contributed by atoms with E-state index in [0.717, 1.165) is 12.5 Å². The van der Waals surface area contributed by atoms with Crippen molar-refractivity contribution in [3.8, 4) is 5.75 Å². The molecular weight excluding hydrogens is 188 g/mol. The fourth-order valence-electron chi connectivity index (χ4n) is 1.64. The first-order valence-electron chi connectivity index (χ1n) is 4.56. The maximum absolute atomic E-state index is 13.3. The van der Waals surface area contributed by atoms with Gasteiger partial charge >= 0.3 is 0 Å². The molecule has 1 aliphatic heterocycles. The molecule has 1 aromatic rings. The van der Waals surface area contributed by atoms with Crippen molar-refractivity contribution in [3.63, 3.8) is 0 Å². The second kappa shape index (κ2) is 3.53. The SMILES string of the molecule is NC1CCCOc2c(F)cc(F)cc21. The van der Waals surface area contributed by atoms with Crippen molar-refractivity contribution < 1.29 is 13.5 Å². The van der Waals surface area contributed by atoms with Crippen LogP contribution < -0.4 is 10.5 Å². The van der Waals surface area contributed by atoms with Crippen molar-refractivity contribution in [2.24, 2.45) is 5.73 Å². The van der Waals surface area contributed by atoms with E-state index in [1.807, 2.05) is 0 Å². The van der Waals surface area contributed by atoms with Gasteiger partial charge in [0.1, 0.15) is 5.82 Å². The van der Waals surface area contributed by atoms with Crippen molar-refractivity contribution in [2.45, 2.75) is 18.9 Å². The van der Waals surface area contributed by atoms with Gasteiger partial charge in [0, 0.05) is 17.7 Å². The third-order valence-electron chi connectivity index (χ3n) is 2.34. The molecule has 0 fully saturated rings. The molecule has 1 heterocycles. The lowest BCUT2D eigenvalue weighted by molar-refractivity contribution is 0.300. The Kier molecular flexibility index (Phi) is 2.37. The molecule has 0 spiro atoms. The highest BCUT2D eigenvalue weighted by Crippen LogP contribution is 2.32. The second-order valence-corrected chi connectivity index (χ2v) is 3.40. The highest BCUT2D eigenvalue weighted by molar-refractivity contribution is 5.38. The van der Waals surface area contributed by atoms with Crippen LogP contribution in [-0.2, 0) is 0 Å². The molecule has 4 heteroatoms. The number of ether oxygens (including phenoxy) is 1. The molecule has 2 N–H and O–H groups in total. The molecule has 0 aromatic heterocycles. The highest BCUT2D eigenvalue weighted by Gasteiger charge is 2.20. The Bertz CT molecular complexity index is 354. The van der Waals surface area contributed by atoms with Gasteiger partial charge in [0.25, 0.3) is 0 Å². The summed E-state index contributed by atoms with van der Waals surface area (Å²) in [5, 5.41) is 0. The molecule has 76 valence electrons. The molecule has 2 rings (SSSR count). The summed E-state index contributed by atoms with van der Waals surface area (Å²) in [5.74, 6) is -1.17. The molecule has 0 radical (unpaired) electrons. The normalized spacial score (nSPS) is 20.9. The van der Waals surface area contributed by atoms with Crippen LogP contribution in [0.3, 0.4) is 0 Å². The van der Waals surface area contributed by atoms with Crippen molar-refractivity contribution in [3.05, 3.63) is 29.3 Å². The summed E-state index contributed by atoms with van der Waals surface area (Å²) >= 11 is 0. The van der Waals surface area contributed by atoms with Crippen molar-refractivity contribution in [1.82, 2.24) is 0 Å². The van der Waals surface area contributed by atoms with E-state index in [1.54, 1.807) is 0 Å². The number of nitrogens with two attached hydrogens (primary N) is 1. The Hall–Kier alpha value is -1.16. The predicted octanol–water partition coefficient (Wildman–Crippen LogP) is 2.14. The topological polar surface area (TPSA) is 35.2 Å². The maximum Gasteiger partial charge on any atom is 0.168 e. The van der Waals surface area contributed by atoms with E-state index in [9.17, 15) is 8.78 Å².